The zero-order valence-corrected chi connectivity index (χ0v) is 21.5. The van der Waals surface area contributed by atoms with Crippen LogP contribution in [0.5, 0.6) is 0 Å². The number of nitrogen functional groups attached to an aromatic ring is 1. The number of oxime groups is 1. The number of fused-ring (bicyclic) bond motifs is 1. The lowest BCUT2D eigenvalue weighted by Gasteiger charge is -2.49. The van der Waals surface area contributed by atoms with Crippen LogP contribution in [-0.4, -0.2) is 104 Å². The first-order valence-electron chi connectivity index (χ1n) is 10.7. The molecule has 194 valence electrons. The second-order valence-corrected chi connectivity index (χ2v) is 10.4. The molecule has 1 saturated heterocycles. The van der Waals surface area contributed by atoms with E-state index < -0.39 is 35.1 Å². The number of allylic oxidation sites excluding steroid dienone is 1. The van der Waals surface area contributed by atoms with Crippen LogP contribution in [-0.2, 0) is 24.0 Å². The third-order valence-corrected chi connectivity index (χ3v) is 6.99. The van der Waals surface area contributed by atoms with Gasteiger partial charge in [-0.15, -0.1) is 11.8 Å². The number of anilines is 1. The van der Waals surface area contributed by atoms with Crippen LogP contribution >= 0.6 is 23.3 Å². The monoisotopic (exact) mass is 539 g/mol. The highest BCUT2D eigenvalue weighted by Crippen LogP contribution is 2.40. The molecule has 16 heteroatoms. The summed E-state index contributed by atoms with van der Waals surface area (Å²) < 4.78 is 4.25. The maximum Gasteiger partial charge on any atom is 0.352 e. The first-order chi connectivity index (χ1) is 16.9. The minimum absolute atomic E-state index is 0.0421. The van der Waals surface area contributed by atoms with Crippen LogP contribution in [0.2, 0.25) is 0 Å². The number of amides is 3. The number of likely N-dealkylation sites (N-methyl/N-ethyl adjacent to an activating group) is 1. The van der Waals surface area contributed by atoms with Crippen molar-refractivity contribution < 1.29 is 33.6 Å². The van der Waals surface area contributed by atoms with E-state index in [0.717, 1.165) is 16.4 Å². The van der Waals surface area contributed by atoms with E-state index in [-0.39, 0.29) is 35.5 Å². The van der Waals surface area contributed by atoms with Crippen molar-refractivity contribution in [3.05, 3.63) is 29.2 Å². The number of aliphatic carboxylic acids is 1. The van der Waals surface area contributed by atoms with E-state index in [4.69, 9.17) is 16.3 Å². The molecule has 0 saturated carbocycles. The predicted molar refractivity (Wildman–Crippen MR) is 132 cm³/mol. The van der Waals surface area contributed by atoms with Crippen LogP contribution in [0.1, 0.15) is 12.7 Å². The number of nitrogens with one attached hydrogen (secondary N) is 1. The van der Waals surface area contributed by atoms with Gasteiger partial charge in [0.05, 0.1) is 20.6 Å². The highest BCUT2D eigenvalue weighted by molar-refractivity contribution is 8.00. The van der Waals surface area contributed by atoms with Gasteiger partial charge in [0.25, 0.3) is 17.7 Å². The fourth-order valence-electron chi connectivity index (χ4n) is 3.59. The van der Waals surface area contributed by atoms with Crippen LogP contribution in [0.15, 0.2) is 28.6 Å². The van der Waals surface area contributed by atoms with E-state index in [1.807, 2.05) is 14.1 Å². The van der Waals surface area contributed by atoms with Gasteiger partial charge in [0, 0.05) is 17.3 Å². The predicted octanol–water partition coefficient (Wildman–Crippen LogP) is -1.28. The van der Waals surface area contributed by atoms with Gasteiger partial charge in [-0.2, -0.15) is 9.36 Å². The molecule has 1 aromatic heterocycles. The summed E-state index contributed by atoms with van der Waals surface area (Å²) in [6, 6.07) is -0.976. The Morgan fingerprint density at radius 2 is 2.11 bits per heavy atom. The topological polar surface area (TPSA) is 203 Å². The minimum atomic E-state index is -1.26. The molecule has 36 heavy (non-hydrogen) atoms. The molecule has 14 nitrogen and oxygen atoms in total. The van der Waals surface area contributed by atoms with Crippen molar-refractivity contribution >= 4 is 57.8 Å². The summed E-state index contributed by atoms with van der Waals surface area (Å²) in [5.41, 5.74) is 10.9. The van der Waals surface area contributed by atoms with E-state index in [2.05, 4.69) is 19.8 Å². The van der Waals surface area contributed by atoms with Crippen molar-refractivity contribution in [3.63, 3.8) is 0 Å². The molecule has 2 atom stereocenters. The standard InChI is InChI=1S/C20H26N8O6S2/c1-4-34-25-12(15-24-20(22)36-26-15)16(30)23-13-17(31)27-14(19(32)33)10(9-35-18(13)27)6-5-7-28(2,3)8-11(21)29/h5-6,13,18H,4,7-9H2,1-3H3,(H5-,21,22,23,24,26,29,30,32,33)/p+1/t13-,18+/m1/s1. The van der Waals surface area contributed by atoms with Gasteiger partial charge >= 0.3 is 5.97 Å². The number of rotatable bonds is 11. The van der Waals surface area contributed by atoms with Crippen LogP contribution in [0.4, 0.5) is 5.13 Å². The number of nitrogens with zero attached hydrogens (tertiary/aromatic N) is 5. The summed E-state index contributed by atoms with van der Waals surface area (Å²) in [4.78, 5) is 59.1. The maximum atomic E-state index is 12.9. The second-order valence-electron chi connectivity index (χ2n) is 8.50. The number of nitrogens with two attached hydrogens (primary N) is 2. The lowest BCUT2D eigenvalue weighted by atomic mass is 10.0. The summed E-state index contributed by atoms with van der Waals surface area (Å²) in [5.74, 6) is -2.77. The van der Waals surface area contributed by atoms with Gasteiger partial charge in [0.1, 0.15) is 23.7 Å². The first-order valence-corrected chi connectivity index (χ1v) is 12.6. The molecule has 1 aromatic rings. The van der Waals surface area contributed by atoms with Crippen molar-refractivity contribution in [1.29, 1.82) is 0 Å². The molecule has 3 amide bonds. The zero-order valence-electron chi connectivity index (χ0n) is 19.8. The number of quaternary nitrogens is 1. The van der Waals surface area contributed by atoms with E-state index in [1.54, 1.807) is 19.1 Å². The Balaban J connectivity index is 1.76. The number of aromatic nitrogens is 2. The molecule has 2 aliphatic rings. The van der Waals surface area contributed by atoms with Crippen molar-refractivity contribution in [2.24, 2.45) is 10.9 Å². The number of carboxylic acids is 1. The summed E-state index contributed by atoms with van der Waals surface area (Å²) >= 11 is 2.19. The van der Waals surface area contributed by atoms with Crippen molar-refractivity contribution in [2.45, 2.75) is 18.3 Å². The van der Waals surface area contributed by atoms with Crippen molar-refractivity contribution in [1.82, 2.24) is 19.6 Å². The quantitative estimate of drug-likeness (QED) is 0.113. The van der Waals surface area contributed by atoms with Crippen molar-refractivity contribution in [2.75, 3.05) is 45.3 Å². The number of carboxylic acid groups (broad SMARTS) is 1. The van der Waals surface area contributed by atoms with E-state index in [0.29, 0.717) is 22.4 Å². The Kier molecular flexibility index (Phi) is 8.31. The number of primary amides is 1. The van der Waals surface area contributed by atoms with Gasteiger partial charge in [0.2, 0.25) is 11.5 Å². The number of carbonyl (C=O) groups excluding carboxylic acids is 3. The Labute approximate surface area is 214 Å². The zero-order chi connectivity index (χ0) is 26.6. The molecule has 0 bridgehead atoms. The molecule has 6 N–H and O–H groups in total. The number of carbonyl (C=O) groups is 4. The lowest BCUT2D eigenvalue weighted by molar-refractivity contribution is -0.876. The second kappa shape index (κ2) is 11.0. The summed E-state index contributed by atoms with van der Waals surface area (Å²) in [6.07, 6.45) is 3.38. The highest BCUT2D eigenvalue weighted by Gasteiger charge is 2.54. The summed E-state index contributed by atoms with van der Waals surface area (Å²) in [7, 11) is 3.64. The fraction of sp³-hybridized carbons (Fsp3) is 0.450. The van der Waals surface area contributed by atoms with Gasteiger partial charge in [-0.1, -0.05) is 11.2 Å². The fourth-order valence-corrected chi connectivity index (χ4v) is 5.34. The molecule has 3 rings (SSSR count). The Morgan fingerprint density at radius 3 is 2.69 bits per heavy atom. The Morgan fingerprint density at radius 1 is 1.39 bits per heavy atom. The van der Waals surface area contributed by atoms with Crippen molar-refractivity contribution in [3.8, 4) is 0 Å². The third kappa shape index (κ3) is 6.00. The van der Waals surface area contributed by atoms with Crippen LogP contribution in [0, 0.1) is 0 Å². The molecule has 0 aliphatic carbocycles. The average Bonchev–Trinajstić information content (AvgIpc) is 3.21. The smallest absolute Gasteiger partial charge is 0.352 e. The number of hydrogen-bond acceptors (Lipinski definition) is 11. The Hall–Kier alpha value is -3.50. The Bertz CT molecular complexity index is 1160. The number of β-lactam (4-membered cyclic amide) rings is 1. The van der Waals surface area contributed by atoms with Gasteiger partial charge in [-0.3, -0.25) is 19.3 Å². The molecule has 0 radical (unpaired) electrons. The molecule has 2 aliphatic heterocycles. The lowest BCUT2D eigenvalue weighted by Crippen LogP contribution is -2.71. The van der Waals surface area contributed by atoms with Crippen LogP contribution in [0.3, 0.4) is 0 Å². The van der Waals surface area contributed by atoms with Gasteiger partial charge in [0.15, 0.2) is 11.7 Å². The average molecular weight is 540 g/mol. The molecular formula is C20H27N8O6S2+. The largest absolute Gasteiger partial charge is 0.477 e. The van der Waals surface area contributed by atoms with Gasteiger partial charge in [-0.25, -0.2) is 4.79 Å². The SMILES string of the molecule is CCON=C(C(=O)N[C@@H]1C(=O)N2C(C(=O)O)=C(C=CC[N+](C)(C)CC(N)=O)CS[C@@H]12)c1nsc(N)n1. The minimum Gasteiger partial charge on any atom is -0.477 e. The molecule has 0 unspecified atom stereocenters. The van der Waals surface area contributed by atoms with E-state index in [9.17, 15) is 24.3 Å². The van der Waals surface area contributed by atoms with Crippen LogP contribution in [0.25, 0.3) is 0 Å². The third-order valence-electron chi connectivity index (χ3n) is 5.14. The van der Waals surface area contributed by atoms with E-state index in [1.165, 1.54) is 11.8 Å². The first kappa shape index (κ1) is 27.1. The van der Waals surface area contributed by atoms with Crippen LogP contribution < -0.4 is 16.8 Å². The maximum absolute atomic E-state index is 12.9. The molecule has 0 spiro atoms. The number of thioether (sulfide) groups is 1. The molecule has 1 fully saturated rings. The summed E-state index contributed by atoms with van der Waals surface area (Å²) in [6.45, 7) is 2.41. The summed E-state index contributed by atoms with van der Waals surface area (Å²) in [5, 5.41) is 15.7. The van der Waals surface area contributed by atoms with Gasteiger partial charge < -0.3 is 31.2 Å². The van der Waals surface area contributed by atoms with Gasteiger partial charge in [-0.05, 0) is 18.6 Å². The molecule has 0 aromatic carbocycles. The highest BCUT2D eigenvalue weighted by atomic mass is 32.2. The molecular weight excluding hydrogens is 512 g/mol. The van der Waals surface area contributed by atoms with E-state index >= 15 is 0 Å². The normalized spacial score (nSPS) is 20.2. The molecule has 3 heterocycles. The number of hydrogen-bond donors (Lipinski definition) is 4.